The number of nitro benzene ring substituents is 1. The highest BCUT2D eigenvalue weighted by atomic mass is 16.6. The van der Waals surface area contributed by atoms with Gasteiger partial charge in [0.25, 0.3) is 11.6 Å². The number of carbonyl (C=O) groups is 1. The number of nitrogens with zero attached hydrogens (tertiary/aromatic N) is 2. The van der Waals surface area contributed by atoms with Crippen LogP contribution in [-0.4, -0.2) is 20.8 Å². The van der Waals surface area contributed by atoms with Crippen molar-refractivity contribution >= 4 is 34.2 Å². The van der Waals surface area contributed by atoms with E-state index in [4.69, 9.17) is 5.73 Å². The van der Waals surface area contributed by atoms with Gasteiger partial charge in [-0.3, -0.25) is 14.9 Å². The van der Waals surface area contributed by atoms with Gasteiger partial charge >= 0.3 is 0 Å². The molecule has 0 spiro atoms. The summed E-state index contributed by atoms with van der Waals surface area (Å²) in [5, 5.41) is 17.5. The lowest BCUT2D eigenvalue weighted by Crippen LogP contribution is -2.10. The molecule has 1 amide bonds. The summed E-state index contributed by atoms with van der Waals surface area (Å²) in [5.74, 6) is -0.339. The molecule has 0 bridgehead atoms. The van der Waals surface area contributed by atoms with Gasteiger partial charge in [0.2, 0.25) is 0 Å². The summed E-state index contributed by atoms with van der Waals surface area (Å²) >= 11 is 0. The van der Waals surface area contributed by atoms with Crippen LogP contribution < -0.4 is 16.4 Å². The van der Waals surface area contributed by atoms with E-state index >= 15 is 0 Å². The van der Waals surface area contributed by atoms with Crippen molar-refractivity contribution in [3.8, 4) is 11.3 Å². The summed E-state index contributed by atoms with van der Waals surface area (Å²) in [5.41, 5.74) is 11.7. The first kappa shape index (κ1) is 21.1. The van der Waals surface area contributed by atoms with Gasteiger partial charge in [-0.2, -0.15) is 0 Å². The fourth-order valence-electron chi connectivity index (χ4n) is 3.89. The predicted molar refractivity (Wildman–Crippen MR) is 131 cm³/mol. The van der Waals surface area contributed by atoms with E-state index in [0.29, 0.717) is 29.1 Å². The number of aromatic nitrogens is 2. The molecule has 0 saturated carbocycles. The van der Waals surface area contributed by atoms with Crippen LogP contribution in [0.4, 0.5) is 17.1 Å². The van der Waals surface area contributed by atoms with Crippen molar-refractivity contribution in [1.29, 1.82) is 0 Å². The van der Waals surface area contributed by atoms with E-state index < -0.39 is 4.92 Å². The smallest absolute Gasteiger partial charge is 0.270 e. The zero-order valence-electron chi connectivity index (χ0n) is 17.9. The average molecular weight is 452 g/mol. The molecule has 1 aliphatic heterocycles. The molecule has 1 aliphatic rings. The van der Waals surface area contributed by atoms with Crippen LogP contribution in [0.2, 0.25) is 0 Å². The predicted octanol–water partition coefficient (Wildman–Crippen LogP) is 4.38. The lowest BCUT2D eigenvalue weighted by atomic mass is 9.98. The Morgan fingerprint density at radius 2 is 1.82 bits per heavy atom. The molecule has 2 heterocycles. The number of anilines is 2. The number of benzene rings is 3. The molecule has 0 atom stereocenters. The van der Waals surface area contributed by atoms with Crippen molar-refractivity contribution in [1.82, 2.24) is 9.97 Å². The van der Waals surface area contributed by atoms with Gasteiger partial charge in [0.1, 0.15) is 0 Å². The summed E-state index contributed by atoms with van der Waals surface area (Å²) in [6.45, 7) is 0.393. The second-order valence-corrected chi connectivity index (χ2v) is 7.75. The van der Waals surface area contributed by atoms with Crippen molar-refractivity contribution in [2.75, 3.05) is 10.6 Å². The molecule has 168 valence electrons. The number of hydrogen-bond donors (Lipinski definition) is 4. The third-order valence-corrected chi connectivity index (χ3v) is 5.64. The number of fused-ring (bicyclic) bond motifs is 1. The van der Waals surface area contributed by atoms with Crippen LogP contribution in [0.15, 0.2) is 79.3 Å². The number of carbonyl (C=O) groups excluding carboxylic acids is 1. The molecule has 9 heteroatoms. The number of nitrogens with one attached hydrogen (secondary N) is 3. The zero-order valence-corrected chi connectivity index (χ0v) is 17.9. The van der Waals surface area contributed by atoms with Crippen LogP contribution >= 0.6 is 0 Å². The third-order valence-electron chi connectivity index (χ3n) is 5.64. The maximum Gasteiger partial charge on any atom is 0.270 e. The van der Waals surface area contributed by atoms with E-state index in [2.05, 4.69) is 20.6 Å². The largest absolute Gasteiger partial charge is 0.354 e. The highest BCUT2D eigenvalue weighted by molar-refractivity contribution is 6.37. The first-order valence-electron chi connectivity index (χ1n) is 10.5. The number of imidazole rings is 1. The SMILES string of the molecule is NCc1ccc(/C(Nc2ccc(-c3c[nH]cn3)cc2)=C2/C(=O)Nc3ccc([N+](=O)[O-])cc32)cc1. The van der Waals surface area contributed by atoms with Gasteiger partial charge in [-0.05, 0) is 29.3 Å². The minimum Gasteiger partial charge on any atom is -0.354 e. The molecule has 3 aromatic carbocycles. The number of amides is 1. The quantitative estimate of drug-likeness (QED) is 0.195. The maximum absolute atomic E-state index is 13.0. The van der Waals surface area contributed by atoms with Crippen LogP contribution in [0.5, 0.6) is 0 Å². The fraction of sp³-hybridized carbons (Fsp3) is 0.0400. The van der Waals surface area contributed by atoms with E-state index in [1.54, 1.807) is 12.4 Å². The monoisotopic (exact) mass is 452 g/mol. The van der Waals surface area contributed by atoms with Gasteiger partial charge in [0.05, 0.1) is 28.2 Å². The van der Waals surface area contributed by atoms with Gasteiger partial charge in [-0.25, -0.2) is 4.98 Å². The molecule has 0 fully saturated rings. The Bertz CT molecular complexity index is 1410. The van der Waals surface area contributed by atoms with Gasteiger partial charge in [-0.1, -0.05) is 36.4 Å². The number of H-pyrrole nitrogens is 1. The molecule has 0 unspecified atom stereocenters. The number of rotatable bonds is 6. The van der Waals surface area contributed by atoms with Crippen molar-refractivity contribution < 1.29 is 9.72 Å². The summed E-state index contributed by atoms with van der Waals surface area (Å²) in [6, 6.07) is 19.5. The van der Waals surface area contributed by atoms with E-state index in [-0.39, 0.29) is 11.6 Å². The second kappa shape index (κ2) is 8.64. The number of nitrogens with two attached hydrogens (primary N) is 1. The molecule has 9 nitrogen and oxygen atoms in total. The molecule has 5 rings (SSSR count). The Hall–Kier alpha value is -4.76. The number of hydrogen-bond acceptors (Lipinski definition) is 6. The molecule has 34 heavy (non-hydrogen) atoms. The van der Waals surface area contributed by atoms with Crippen LogP contribution in [0, 0.1) is 10.1 Å². The lowest BCUT2D eigenvalue weighted by Gasteiger charge is -2.15. The summed E-state index contributed by atoms with van der Waals surface area (Å²) in [6.07, 6.45) is 3.42. The van der Waals surface area contributed by atoms with E-state index in [0.717, 1.165) is 28.1 Å². The van der Waals surface area contributed by atoms with E-state index in [1.807, 2.05) is 54.7 Å². The maximum atomic E-state index is 13.0. The van der Waals surface area contributed by atoms with Gasteiger partial charge in [0.15, 0.2) is 0 Å². The Morgan fingerprint density at radius 1 is 1.06 bits per heavy atom. The molecule has 4 aromatic rings. The normalized spacial score (nSPS) is 13.9. The number of nitro groups is 1. The summed E-state index contributed by atoms with van der Waals surface area (Å²) in [4.78, 5) is 31.1. The average Bonchev–Trinajstić information content (AvgIpc) is 3.50. The van der Waals surface area contributed by atoms with Gasteiger partial charge in [-0.15, -0.1) is 0 Å². The number of non-ortho nitro benzene ring substituents is 1. The van der Waals surface area contributed by atoms with Gasteiger partial charge < -0.3 is 21.4 Å². The molecular formula is C25H20N6O3. The van der Waals surface area contributed by atoms with Crippen molar-refractivity contribution in [3.05, 3.63) is 106 Å². The van der Waals surface area contributed by atoms with Crippen LogP contribution in [-0.2, 0) is 11.3 Å². The molecule has 5 N–H and O–H groups in total. The highest BCUT2D eigenvalue weighted by Gasteiger charge is 2.30. The summed E-state index contributed by atoms with van der Waals surface area (Å²) in [7, 11) is 0. The standard InChI is InChI=1S/C25H20N6O3/c26-12-15-1-3-17(4-2-15)24(29-18-7-5-16(6-8-18)22-13-27-14-28-22)23-20-11-19(31(33)34)9-10-21(20)30-25(23)32/h1-11,13-14,29H,12,26H2,(H,27,28)(H,30,32)/b24-23-. The first-order valence-corrected chi connectivity index (χ1v) is 10.5. The molecule has 0 aliphatic carbocycles. The van der Waals surface area contributed by atoms with Crippen molar-refractivity contribution in [2.24, 2.45) is 5.73 Å². The van der Waals surface area contributed by atoms with Crippen LogP contribution in [0.1, 0.15) is 16.7 Å². The Labute approximate surface area is 194 Å². The topological polar surface area (TPSA) is 139 Å². The van der Waals surface area contributed by atoms with Crippen molar-refractivity contribution in [2.45, 2.75) is 6.54 Å². The van der Waals surface area contributed by atoms with Crippen LogP contribution in [0.3, 0.4) is 0 Å². The Kier molecular flexibility index (Phi) is 5.36. The van der Waals surface area contributed by atoms with E-state index in [9.17, 15) is 14.9 Å². The summed E-state index contributed by atoms with van der Waals surface area (Å²) < 4.78 is 0. The third kappa shape index (κ3) is 3.91. The fourth-order valence-corrected chi connectivity index (χ4v) is 3.89. The Morgan fingerprint density at radius 3 is 2.47 bits per heavy atom. The Balaban J connectivity index is 1.62. The molecule has 0 radical (unpaired) electrons. The second-order valence-electron chi connectivity index (χ2n) is 7.75. The lowest BCUT2D eigenvalue weighted by molar-refractivity contribution is -0.384. The highest BCUT2D eigenvalue weighted by Crippen LogP contribution is 2.39. The molecule has 0 saturated heterocycles. The first-order chi connectivity index (χ1) is 16.5. The molecule has 1 aromatic heterocycles. The van der Waals surface area contributed by atoms with Crippen LogP contribution in [0.25, 0.3) is 22.5 Å². The minimum atomic E-state index is -0.475. The minimum absolute atomic E-state index is 0.0889. The molecular weight excluding hydrogens is 432 g/mol. The van der Waals surface area contributed by atoms with E-state index in [1.165, 1.54) is 12.1 Å². The van der Waals surface area contributed by atoms with Crippen molar-refractivity contribution in [3.63, 3.8) is 0 Å². The number of aromatic amines is 1. The van der Waals surface area contributed by atoms with Gasteiger partial charge in [0, 0.05) is 47.4 Å². The zero-order chi connectivity index (χ0) is 23.7.